The van der Waals surface area contributed by atoms with E-state index in [-0.39, 0.29) is 0 Å². The highest BCUT2D eigenvalue weighted by atomic mass is 15.3. The van der Waals surface area contributed by atoms with Crippen LogP contribution >= 0.6 is 0 Å². The average molecular weight is 282 g/mol. The molecule has 21 heavy (non-hydrogen) atoms. The van der Waals surface area contributed by atoms with Gasteiger partial charge in [-0.3, -0.25) is 9.80 Å². The molecule has 0 radical (unpaired) electrons. The summed E-state index contributed by atoms with van der Waals surface area (Å²) in [6, 6.07) is 11.5. The van der Waals surface area contributed by atoms with Gasteiger partial charge in [-0.25, -0.2) is 4.68 Å². The maximum atomic E-state index is 4.31. The molecule has 1 aromatic carbocycles. The van der Waals surface area contributed by atoms with Gasteiger partial charge in [0.15, 0.2) is 0 Å². The number of benzene rings is 1. The molecule has 2 saturated heterocycles. The third-order valence-corrected chi connectivity index (χ3v) is 4.76. The van der Waals surface area contributed by atoms with Crippen molar-refractivity contribution in [2.45, 2.75) is 25.4 Å². The lowest BCUT2D eigenvalue weighted by molar-refractivity contribution is 0.0994. The fourth-order valence-electron chi connectivity index (χ4n) is 3.68. The van der Waals surface area contributed by atoms with Gasteiger partial charge >= 0.3 is 0 Å². The van der Waals surface area contributed by atoms with Gasteiger partial charge < -0.3 is 0 Å². The molecule has 0 bridgehead atoms. The number of hydrogen-bond acceptors (Lipinski definition) is 3. The minimum absolute atomic E-state index is 0.799. The van der Waals surface area contributed by atoms with E-state index < -0.39 is 0 Å². The summed E-state index contributed by atoms with van der Waals surface area (Å²) in [5, 5.41) is 4.31. The van der Waals surface area contributed by atoms with Gasteiger partial charge in [0.25, 0.3) is 0 Å². The Bertz CT molecular complexity index is 593. The zero-order valence-corrected chi connectivity index (χ0v) is 12.4. The fraction of sp³-hybridized carbons (Fsp3) is 0.471. The maximum Gasteiger partial charge on any atom is 0.0648 e. The van der Waals surface area contributed by atoms with Gasteiger partial charge in [0.2, 0.25) is 0 Å². The van der Waals surface area contributed by atoms with E-state index in [0.29, 0.717) is 0 Å². The number of hydrogen-bond donors (Lipinski definition) is 0. The number of rotatable bonds is 3. The smallest absolute Gasteiger partial charge is 0.0648 e. The second kappa shape index (κ2) is 5.62. The summed E-state index contributed by atoms with van der Waals surface area (Å²) in [6.45, 7) is 6.03. The number of nitrogens with zero attached hydrogens (tertiary/aromatic N) is 4. The first-order valence-electron chi connectivity index (χ1n) is 7.94. The van der Waals surface area contributed by atoms with Crippen molar-refractivity contribution in [3.05, 3.63) is 48.3 Å². The van der Waals surface area contributed by atoms with Crippen LogP contribution in [0.4, 0.5) is 0 Å². The highest BCUT2D eigenvalue weighted by molar-refractivity contribution is 5.35. The zero-order chi connectivity index (χ0) is 14.1. The number of piperazine rings is 1. The van der Waals surface area contributed by atoms with Crippen LogP contribution in [0.3, 0.4) is 0 Å². The maximum absolute atomic E-state index is 4.31. The zero-order valence-electron chi connectivity index (χ0n) is 12.4. The summed E-state index contributed by atoms with van der Waals surface area (Å²) in [5.74, 6) is 0. The third-order valence-electron chi connectivity index (χ3n) is 4.76. The van der Waals surface area contributed by atoms with Crippen LogP contribution in [0.5, 0.6) is 0 Å². The standard InChI is InChI=1S/C17H22N4/c1-4-15(12-16(5-1)21-9-3-7-18-21)13-19-10-11-20-8-2-6-17(20)14-19/h1,3-5,7,9,12,17H,2,6,8,10-11,13-14H2. The van der Waals surface area contributed by atoms with E-state index in [9.17, 15) is 0 Å². The minimum Gasteiger partial charge on any atom is -0.298 e. The third kappa shape index (κ3) is 2.74. The van der Waals surface area contributed by atoms with Crippen molar-refractivity contribution in [1.29, 1.82) is 0 Å². The molecule has 0 N–H and O–H groups in total. The molecule has 4 rings (SSSR count). The predicted octanol–water partition coefficient (Wildman–Crippen LogP) is 2.15. The van der Waals surface area contributed by atoms with E-state index in [1.54, 1.807) is 0 Å². The lowest BCUT2D eigenvalue weighted by atomic mass is 10.1. The Morgan fingerprint density at radius 2 is 2.14 bits per heavy atom. The molecule has 2 aliphatic rings. The molecule has 110 valence electrons. The van der Waals surface area contributed by atoms with Crippen LogP contribution in [0.15, 0.2) is 42.7 Å². The monoisotopic (exact) mass is 282 g/mol. The largest absolute Gasteiger partial charge is 0.298 e. The van der Waals surface area contributed by atoms with Crippen LogP contribution in [0.1, 0.15) is 18.4 Å². The summed E-state index contributed by atoms with van der Waals surface area (Å²) in [7, 11) is 0. The van der Waals surface area contributed by atoms with E-state index in [1.165, 1.54) is 44.6 Å². The predicted molar refractivity (Wildman–Crippen MR) is 83.4 cm³/mol. The quantitative estimate of drug-likeness (QED) is 0.862. The second-order valence-electron chi connectivity index (χ2n) is 6.19. The van der Waals surface area contributed by atoms with Crippen LogP contribution in [-0.4, -0.2) is 51.8 Å². The van der Waals surface area contributed by atoms with Gasteiger partial charge in [-0.15, -0.1) is 0 Å². The molecule has 1 aromatic heterocycles. The van der Waals surface area contributed by atoms with Crippen LogP contribution in [0.2, 0.25) is 0 Å². The summed E-state index contributed by atoms with van der Waals surface area (Å²) < 4.78 is 1.93. The molecule has 2 aliphatic heterocycles. The Hall–Kier alpha value is -1.65. The molecule has 4 heteroatoms. The molecule has 1 atom stereocenters. The highest BCUT2D eigenvalue weighted by Crippen LogP contribution is 2.22. The first-order valence-corrected chi connectivity index (χ1v) is 7.94. The van der Waals surface area contributed by atoms with Crippen molar-refractivity contribution in [1.82, 2.24) is 19.6 Å². The van der Waals surface area contributed by atoms with E-state index >= 15 is 0 Å². The number of aromatic nitrogens is 2. The SMILES string of the molecule is c1cc(CN2CCN3CCCC3C2)cc(-n2cccn2)c1. The van der Waals surface area contributed by atoms with Crippen LogP contribution in [0.25, 0.3) is 5.69 Å². The van der Waals surface area contributed by atoms with Crippen LogP contribution < -0.4 is 0 Å². The van der Waals surface area contributed by atoms with Gasteiger partial charge in [-0.2, -0.15) is 5.10 Å². The van der Waals surface area contributed by atoms with Crippen molar-refractivity contribution in [2.24, 2.45) is 0 Å². The molecule has 3 heterocycles. The molecule has 0 spiro atoms. The summed E-state index contributed by atoms with van der Waals surface area (Å²) in [6.07, 6.45) is 6.58. The van der Waals surface area contributed by atoms with Gasteiger partial charge in [-0.1, -0.05) is 12.1 Å². The Balaban J connectivity index is 1.46. The summed E-state index contributed by atoms with van der Waals surface area (Å²) in [4.78, 5) is 5.27. The highest BCUT2D eigenvalue weighted by Gasteiger charge is 2.30. The first kappa shape index (κ1) is 13.0. The molecular weight excluding hydrogens is 260 g/mol. The van der Waals surface area contributed by atoms with Crippen molar-refractivity contribution < 1.29 is 0 Å². The first-order chi connectivity index (χ1) is 10.4. The van der Waals surface area contributed by atoms with Crippen molar-refractivity contribution >= 4 is 0 Å². The van der Waals surface area contributed by atoms with Gasteiger partial charge in [0.1, 0.15) is 0 Å². The van der Waals surface area contributed by atoms with Crippen molar-refractivity contribution in [3.63, 3.8) is 0 Å². The Morgan fingerprint density at radius 1 is 1.14 bits per heavy atom. The van der Waals surface area contributed by atoms with Gasteiger partial charge in [0.05, 0.1) is 5.69 Å². The fourth-order valence-corrected chi connectivity index (χ4v) is 3.68. The molecule has 2 aromatic rings. The Labute approximate surface area is 126 Å². The summed E-state index contributed by atoms with van der Waals surface area (Å²) >= 11 is 0. The van der Waals surface area contributed by atoms with Gasteiger partial charge in [0, 0.05) is 44.6 Å². The van der Waals surface area contributed by atoms with E-state index in [1.807, 2.05) is 23.1 Å². The molecular formula is C17H22N4. The van der Waals surface area contributed by atoms with E-state index in [4.69, 9.17) is 0 Å². The molecule has 1 unspecified atom stereocenters. The lowest BCUT2D eigenvalue weighted by Gasteiger charge is -2.37. The van der Waals surface area contributed by atoms with Crippen LogP contribution in [0, 0.1) is 0 Å². The Kier molecular flexibility index (Phi) is 3.49. The second-order valence-corrected chi connectivity index (χ2v) is 6.19. The molecule has 2 fully saturated rings. The van der Waals surface area contributed by atoms with Crippen molar-refractivity contribution in [2.75, 3.05) is 26.2 Å². The van der Waals surface area contributed by atoms with Crippen LogP contribution in [-0.2, 0) is 6.54 Å². The minimum atomic E-state index is 0.799. The number of fused-ring (bicyclic) bond motifs is 1. The normalized spacial score (nSPS) is 23.3. The van der Waals surface area contributed by atoms with Crippen molar-refractivity contribution in [3.8, 4) is 5.69 Å². The lowest BCUT2D eigenvalue weighted by Crippen LogP contribution is -2.49. The molecule has 4 nitrogen and oxygen atoms in total. The molecule has 0 saturated carbocycles. The molecule has 0 amide bonds. The average Bonchev–Trinajstić information content (AvgIpc) is 3.18. The Morgan fingerprint density at radius 3 is 3.05 bits per heavy atom. The van der Waals surface area contributed by atoms with E-state index in [2.05, 4.69) is 39.2 Å². The topological polar surface area (TPSA) is 24.3 Å². The van der Waals surface area contributed by atoms with Gasteiger partial charge in [-0.05, 0) is 43.1 Å². The molecule has 0 aliphatic carbocycles. The van der Waals surface area contributed by atoms with E-state index in [0.717, 1.165) is 18.3 Å². The summed E-state index contributed by atoms with van der Waals surface area (Å²) in [5.41, 5.74) is 2.53.